The molecule has 0 aliphatic carbocycles. The van der Waals surface area contributed by atoms with E-state index < -0.39 is 0 Å². The van der Waals surface area contributed by atoms with Crippen molar-refractivity contribution in [3.8, 4) is 5.75 Å². The summed E-state index contributed by atoms with van der Waals surface area (Å²) in [6.07, 6.45) is 0.263. The number of aryl methyl sites for hydroxylation is 2. The molecular formula is C20H22N2O3. The topological polar surface area (TPSA) is 58.6 Å². The van der Waals surface area contributed by atoms with Gasteiger partial charge in [-0.2, -0.15) is 0 Å². The van der Waals surface area contributed by atoms with Gasteiger partial charge in [0.2, 0.25) is 11.8 Å². The number of anilines is 1. The maximum Gasteiger partial charge on any atom is 0.240 e. The summed E-state index contributed by atoms with van der Waals surface area (Å²) in [4.78, 5) is 26.2. The largest absolute Gasteiger partial charge is 0.491 e. The Bertz CT molecular complexity index is 801. The number of carbonyl (C=O) groups is 2. The third-order valence-electron chi connectivity index (χ3n) is 4.31. The van der Waals surface area contributed by atoms with Gasteiger partial charge in [0.15, 0.2) is 0 Å². The first-order chi connectivity index (χ1) is 12.0. The Kier molecular flexibility index (Phi) is 5.03. The standard InChI is InChI=1S/C20H22N2O3/c1-14-7-8-16(15(2)11-14)12-21-19(23)13-22-17-5-3-4-6-18(17)25-10-9-20(22)24/h3-8,11H,9-10,12-13H2,1-2H3,(H,21,23). The zero-order valence-corrected chi connectivity index (χ0v) is 14.5. The number of para-hydroxylation sites is 2. The summed E-state index contributed by atoms with van der Waals surface area (Å²) in [7, 11) is 0. The number of ether oxygens (including phenoxy) is 1. The fraction of sp³-hybridized carbons (Fsp3) is 0.300. The number of amides is 2. The number of nitrogens with zero attached hydrogens (tertiary/aromatic N) is 1. The van der Waals surface area contributed by atoms with E-state index >= 15 is 0 Å². The highest BCUT2D eigenvalue weighted by Crippen LogP contribution is 2.30. The van der Waals surface area contributed by atoms with Crippen LogP contribution in [0.2, 0.25) is 0 Å². The molecule has 1 N–H and O–H groups in total. The number of benzene rings is 2. The van der Waals surface area contributed by atoms with Gasteiger partial charge in [-0.1, -0.05) is 35.9 Å². The van der Waals surface area contributed by atoms with Crippen LogP contribution in [0.15, 0.2) is 42.5 Å². The normalized spacial score (nSPS) is 13.7. The Morgan fingerprint density at radius 2 is 2.00 bits per heavy atom. The minimum Gasteiger partial charge on any atom is -0.491 e. The highest BCUT2D eigenvalue weighted by atomic mass is 16.5. The summed E-state index contributed by atoms with van der Waals surface area (Å²) in [6, 6.07) is 13.4. The number of hydrogen-bond donors (Lipinski definition) is 1. The third-order valence-corrected chi connectivity index (χ3v) is 4.31. The number of fused-ring (bicyclic) bond motifs is 1. The Balaban J connectivity index is 1.68. The van der Waals surface area contributed by atoms with Crippen LogP contribution in [-0.4, -0.2) is 25.0 Å². The minimum absolute atomic E-state index is 0.00981. The minimum atomic E-state index is -0.190. The quantitative estimate of drug-likeness (QED) is 0.932. The Morgan fingerprint density at radius 3 is 2.80 bits per heavy atom. The molecule has 0 radical (unpaired) electrons. The summed E-state index contributed by atoms with van der Waals surface area (Å²) in [5.41, 5.74) is 4.06. The molecule has 0 atom stereocenters. The highest BCUT2D eigenvalue weighted by molar-refractivity contribution is 6.00. The number of rotatable bonds is 4. The molecule has 0 fully saturated rings. The first kappa shape index (κ1) is 17.0. The van der Waals surface area contributed by atoms with Crippen molar-refractivity contribution < 1.29 is 14.3 Å². The molecular weight excluding hydrogens is 316 g/mol. The van der Waals surface area contributed by atoms with Crippen LogP contribution in [-0.2, 0) is 16.1 Å². The molecule has 1 heterocycles. The van der Waals surface area contributed by atoms with Crippen LogP contribution in [0.1, 0.15) is 23.1 Å². The van der Waals surface area contributed by atoms with Crippen molar-refractivity contribution in [2.75, 3.05) is 18.1 Å². The second-order valence-corrected chi connectivity index (χ2v) is 6.25. The van der Waals surface area contributed by atoms with E-state index in [-0.39, 0.29) is 24.8 Å². The summed E-state index contributed by atoms with van der Waals surface area (Å²) < 4.78 is 5.59. The Morgan fingerprint density at radius 1 is 1.20 bits per heavy atom. The van der Waals surface area contributed by atoms with Crippen molar-refractivity contribution in [3.63, 3.8) is 0 Å². The molecule has 130 valence electrons. The number of carbonyl (C=O) groups excluding carboxylic acids is 2. The van der Waals surface area contributed by atoms with E-state index in [1.165, 1.54) is 10.5 Å². The van der Waals surface area contributed by atoms with Crippen LogP contribution in [0.5, 0.6) is 5.75 Å². The SMILES string of the molecule is Cc1ccc(CNC(=O)CN2C(=O)CCOc3ccccc32)c(C)c1. The fourth-order valence-electron chi connectivity index (χ4n) is 2.93. The van der Waals surface area contributed by atoms with Gasteiger partial charge in [-0.25, -0.2) is 0 Å². The molecule has 1 aliphatic heterocycles. The second kappa shape index (κ2) is 7.38. The van der Waals surface area contributed by atoms with Crippen molar-refractivity contribution >= 4 is 17.5 Å². The van der Waals surface area contributed by atoms with Crippen molar-refractivity contribution in [1.29, 1.82) is 0 Å². The van der Waals surface area contributed by atoms with Gasteiger partial charge in [0.1, 0.15) is 12.3 Å². The van der Waals surface area contributed by atoms with Gasteiger partial charge in [0, 0.05) is 6.54 Å². The molecule has 5 nitrogen and oxygen atoms in total. The van der Waals surface area contributed by atoms with Crippen molar-refractivity contribution in [2.45, 2.75) is 26.8 Å². The molecule has 5 heteroatoms. The molecule has 2 aromatic carbocycles. The van der Waals surface area contributed by atoms with E-state index in [1.807, 2.05) is 44.2 Å². The van der Waals surface area contributed by atoms with E-state index in [2.05, 4.69) is 11.4 Å². The number of nitrogens with one attached hydrogen (secondary N) is 1. The van der Waals surface area contributed by atoms with Crippen LogP contribution >= 0.6 is 0 Å². The first-order valence-electron chi connectivity index (χ1n) is 8.39. The Labute approximate surface area is 147 Å². The van der Waals surface area contributed by atoms with Gasteiger partial charge >= 0.3 is 0 Å². The lowest BCUT2D eigenvalue weighted by atomic mass is 10.1. The molecule has 25 heavy (non-hydrogen) atoms. The van der Waals surface area contributed by atoms with E-state index in [0.717, 1.165) is 11.1 Å². The van der Waals surface area contributed by atoms with E-state index in [1.54, 1.807) is 6.07 Å². The molecule has 2 aromatic rings. The van der Waals surface area contributed by atoms with Crippen LogP contribution in [0.4, 0.5) is 5.69 Å². The van der Waals surface area contributed by atoms with Crippen molar-refractivity contribution in [3.05, 3.63) is 59.2 Å². The molecule has 3 rings (SSSR count). The monoisotopic (exact) mass is 338 g/mol. The predicted molar refractivity (Wildman–Crippen MR) is 96.7 cm³/mol. The van der Waals surface area contributed by atoms with Crippen molar-refractivity contribution in [1.82, 2.24) is 5.32 Å². The summed E-state index contributed by atoms with van der Waals surface area (Å²) >= 11 is 0. The van der Waals surface area contributed by atoms with Gasteiger partial charge in [-0.15, -0.1) is 0 Å². The molecule has 0 unspecified atom stereocenters. The molecule has 0 saturated heterocycles. The average molecular weight is 338 g/mol. The summed E-state index contributed by atoms with van der Waals surface area (Å²) in [5.74, 6) is 0.340. The van der Waals surface area contributed by atoms with Gasteiger partial charge < -0.3 is 10.1 Å². The summed E-state index contributed by atoms with van der Waals surface area (Å²) in [6.45, 7) is 4.84. The van der Waals surface area contributed by atoms with Gasteiger partial charge in [-0.05, 0) is 37.1 Å². The predicted octanol–water partition coefficient (Wildman–Crippen LogP) is 2.74. The average Bonchev–Trinajstić information content (AvgIpc) is 2.74. The first-order valence-corrected chi connectivity index (χ1v) is 8.39. The van der Waals surface area contributed by atoms with E-state index in [9.17, 15) is 9.59 Å². The van der Waals surface area contributed by atoms with Gasteiger partial charge in [0.25, 0.3) is 0 Å². The zero-order chi connectivity index (χ0) is 17.8. The maximum absolute atomic E-state index is 12.4. The second-order valence-electron chi connectivity index (χ2n) is 6.25. The van der Waals surface area contributed by atoms with E-state index in [0.29, 0.717) is 24.6 Å². The van der Waals surface area contributed by atoms with Crippen LogP contribution in [0, 0.1) is 13.8 Å². The third kappa shape index (κ3) is 3.99. The van der Waals surface area contributed by atoms with Gasteiger partial charge in [0.05, 0.1) is 18.7 Å². The molecule has 2 amide bonds. The van der Waals surface area contributed by atoms with Crippen LogP contribution in [0.25, 0.3) is 0 Å². The van der Waals surface area contributed by atoms with E-state index in [4.69, 9.17) is 4.74 Å². The highest BCUT2D eigenvalue weighted by Gasteiger charge is 2.24. The summed E-state index contributed by atoms with van der Waals surface area (Å²) in [5, 5.41) is 2.90. The smallest absolute Gasteiger partial charge is 0.240 e. The lowest BCUT2D eigenvalue weighted by Gasteiger charge is -2.21. The lowest BCUT2D eigenvalue weighted by Crippen LogP contribution is -2.40. The van der Waals surface area contributed by atoms with Gasteiger partial charge in [-0.3, -0.25) is 14.5 Å². The lowest BCUT2D eigenvalue weighted by molar-refractivity contribution is -0.124. The van der Waals surface area contributed by atoms with Crippen molar-refractivity contribution in [2.24, 2.45) is 0 Å². The zero-order valence-electron chi connectivity index (χ0n) is 14.5. The van der Waals surface area contributed by atoms with Crippen LogP contribution < -0.4 is 15.0 Å². The number of hydrogen-bond acceptors (Lipinski definition) is 3. The molecule has 0 saturated carbocycles. The molecule has 1 aliphatic rings. The molecule has 0 bridgehead atoms. The fourth-order valence-corrected chi connectivity index (χ4v) is 2.93. The molecule has 0 aromatic heterocycles. The maximum atomic E-state index is 12.4. The van der Waals surface area contributed by atoms with Crippen LogP contribution in [0.3, 0.4) is 0 Å². The molecule has 0 spiro atoms. The Hall–Kier alpha value is -2.82.